The monoisotopic (exact) mass is 429 g/mol. The van der Waals surface area contributed by atoms with Crippen LogP contribution in [-0.4, -0.2) is 18.2 Å². The van der Waals surface area contributed by atoms with Crippen molar-refractivity contribution < 1.29 is 0 Å². The van der Waals surface area contributed by atoms with Crippen molar-refractivity contribution in [1.82, 2.24) is 0 Å². The Morgan fingerprint density at radius 2 is 1.56 bits per heavy atom. The summed E-state index contributed by atoms with van der Waals surface area (Å²) in [4.78, 5) is 2.91. The van der Waals surface area contributed by atoms with Gasteiger partial charge in [-0.15, -0.1) is 0 Å². The van der Waals surface area contributed by atoms with Gasteiger partial charge in [-0.1, -0.05) is 81.8 Å². The molecule has 32 heavy (non-hydrogen) atoms. The van der Waals surface area contributed by atoms with Crippen LogP contribution in [0.4, 0.5) is 5.69 Å². The van der Waals surface area contributed by atoms with Crippen molar-refractivity contribution in [3.8, 4) is 0 Å². The molecule has 0 aromatic heterocycles. The van der Waals surface area contributed by atoms with E-state index in [0.717, 1.165) is 0 Å². The molecule has 2 heteroatoms. The smallest absolute Gasteiger partial charge is 0.203 e. The van der Waals surface area contributed by atoms with Crippen molar-refractivity contribution in [1.29, 1.82) is 0 Å². The second kappa shape index (κ2) is 7.68. The van der Waals surface area contributed by atoms with Gasteiger partial charge >= 0.3 is 0 Å². The van der Waals surface area contributed by atoms with Gasteiger partial charge in [0.1, 0.15) is 0 Å². The molecule has 1 nitrogen and oxygen atoms in total. The Labute approximate surface area is 198 Å². The highest BCUT2D eigenvalue weighted by Crippen LogP contribution is 2.55. The molecule has 1 saturated heterocycles. The Morgan fingerprint density at radius 3 is 2.12 bits per heavy atom. The Balaban J connectivity index is 2.06. The summed E-state index contributed by atoms with van der Waals surface area (Å²) in [5, 5.41) is 0. The highest BCUT2D eigenvalue weighted by molar-refractivity contribution is 6.76. The zero-order chi connectivity index (χ0) is 23.7. The molecule has 2 heterocycles. The van der Waals surface area contributed by atoms with Gasteiger partial charge in [0.05, 0.1) is 0 Å². The SMILES string of the molecule is Cc1cc(C)c(C)c(B2C[C@@H](C)c3cccc(C(C)C)c3N3[C@H]2C(C)(C)CC3(C)C)c1C. The van der Waals surface area contributed by atoms with Crippen LogP contribution < -0.4 is 10.4 Å². The number of fused-ring (bicyclic) bond motifs is 3. The maximum Gasteiger partial charge on any atom is 0.203 e. The van der Waals surface area contributed by atoms with Gasteiger partial charge in [-0.3, -0.25) is 0 Å². The lowest BCUT2D eigenvalue weighted by Crippen LogP contribution is -2.58. The van der Waals surface area contributed by atoms with Crippen LogP contribution in [-0.2, 0) is 0 Å². The molecule has 2 atom stereocenters. The van der Waals surface area contributed by atoms with Crippen molar-refractivity contribution in [3.05, 3.63) is 57.6 Å². The number of hydrogen-bond acceptors (Lipinski definition) is 1. The summed E-state index contributed by atoms with van der Waals surface area (Å²) in [5.41, 5.74) is 12.6. The maximum absolute atomic E-state index is 2.91. The van der Waals surface area contributed by atoms with E-state index >= 15 is 0 Å². The zero-order valence-corrected chi connectivity index (χ0v) is 22.5. The van der Waals surface area contributed by atoms with Crippen molar-refractivity contribution in [2.45, 2.75) is 112 Å². The van der Waals surface area contributed by atoms with E-state index in [1.165, 1.54) is 40.6 Å². The van der Waals surface area contributed by atoms with Gasteiger partial charge in [0.2, 0.25) is 6.71 Å². The van der Waals surface area contributed by atoms with Gasteiger partial charge in [-0.2, -0.15) is 0 Å². The highest BCUT2D eigenvalue weighted by atomic mass is 15.3. The first-order chi connectivity index (χ1) is 14.8. The topological polar surface area (TPSA) is 3.24 Å². The summed E-state index contributed by atoms with van der Waals surface area (Å²) < 4.78 is 0. The lowest BCUT2D eigenvalue weighted by Gasteiger charge is -2.43. The molecule has 2 aromatic carbocycles. The zero-order valence-electron chi connectivity index (χ0n) is 22.5. The first-order valence-corrected chi connectivity index (χ1v) is 12.8. The van der Waals surface area contributed by atoms with Crippen LogP contribution in [0.3, 0.4) is 0 Å². The minimum atomic E-state index is 0.136. The van der Waals surface area contributed by atoms with Crippen LogP contribution in [0.1, 0.15) is 100 Å². The largest absolute Gasteiger partial charge is 0.369 e. The second-order valence-corrected chi connectivity index (χ2v) is 12.6. The van der Waals surface area contributed by atoms with Crippen LogP contribution in [0.5, 0.6) is 0 Å². The number of hydrogen-bond donors (Lipinski definition) is 0. The van der Waals surface area contributed by atoms with Crippen molar-refractivity contribution >= 4 is 17.9 Å². The predicted octanol–water partition coefficient (Wildman–Crippen LogP) is 7.49. The van der Waals surface area contributed by atoms with Crippen LogP contribution >= 0.6 is 0 Å². The Bertz CT molecular complexity index is 1020. The van der Waals surface area contributed by atoms with E-state index in [9.17, 15) is 0 Å². The average molecular weight is 430 g/mol. The Kier molecular flexibility index (Phi) is 5.63. The third kappa shape index (κ3) is 3.44. The summed E-state index contributed by atoms with van der Waals surface area (Å²) in [5.74, 6) is 1.57. The maximum atomic E-state index is 2.91. The van der Waals surface area contributed by atoms with Gasteiger partial charge in [0.25, 0.3) is 0 Å². The number of para-hydroxylation sites is 1. The molecule has 2 aliphatic heterocycles. The predicted molar refractivity (Wildman–Crippen MR) is 143 cm³/mol. The summed E-state index contributed by atoms with van der Waals surface area (Å²) in [6, 6.07) is 9.51. The van der Waals surface area contributed by atoms with Crippen molar-refractivity contribution in [3.63, 3.8) is 0 Å². The van der Waals surface area contributed by atoms with Gasteiger partial charge in [-0.25, -0.2) is 0 Å². The number of aryl methyl sites for hydroxylation is 2. The molecule has 0 unspecified atom stereocenters. The summed E-state index contributed by atoms with van der Waals surface area (Å²) in [6.07, 6.45) is 2.45. The first-order valence-electron chi connectivity index (χ1n) is 12.8. The lowest BCUT2D eigenvalue weighted by atomic mass is 9.32. The molecule has 0 N–H and O–H groups in total. The molecule has 0 aliphatic carbocycles. The van der Waals surface area contributed by atoms with E-state index in [1.807, 2.05) is 0 Å². The van der Waals surface area contributed by atoms with E-state index in [4.69, 9.17) is 0 Å². The van der Waals surface area contributed by atoms with Crippen molar-refractivity contribution in [2.75, 3.05) is 4.90 Å². The third-order valence-corrected chi connectivity index (χ3v) is 8.89. The van der Waals surface area contributed by atoms with E-state index in [1.54, 1.807) is 16.7 Å². The standard InChI is InChI=1S/C30H44BN/c1-18(2)24-13-12-14-25-21(5)16-31(26-22(6)19(3)15-20(4)23(26)7)28-29(8,9)17-30(10,11)32(28)27(24)25/h12-15,18,21,28H,16-17H2,1-11H3/t21-,28+/m1/s1. The molecule has 2 aliphatic rings. The third-order valence-electron chi connectivity index (χ3n) is 8.89. The molecular weight excluding hydrogens is 385 g/mol. The van der Waals surface area contributed by atoms with Crippen LogP contribution in [0.2, 0.25) is 6.32 Å². The van der Waals surface area contributed by atoms with E-state index in [0.29, 0.717) is 24.5 Å². The molecule has 1 fully saturated rings. The number of anilines is 1. The van der Waals surface area contributed by atoms with Crippen LogP contribution in [0, 0.1) is 33.1 Å². The van der Waals surface area contributed by atoms with Gasteiger partial charge < -0.3 is 4.90 Å². The van der Waals surface area contributed by atoms with Crippen LogP contribution in [0.25, 0.3) is 0 Å². The fourth-order valence-corrected chi connectivity index (χ4v) is 7.63. The average Bonchev–Trinajstić information content (AvgIpc) is 2.78. The molecule has 0 bridgehead atoms. The van der Waals surface area contributed by atoms with E-state index in [-0.39, 0.29) is 11.0 Å². The molecule has 0 radical (unpaired) electrons. The summed E-state index contributed by atoms with van der Waals surface area (Å²) >= 11 is 0. The molecule has 0 saturated carbocycles. The molecule has 0 spiro atoms. The molecule has 0 amide bonds. The molecule has 172 valence electrons. The van der Waals surface area contributed by atoms with Gasteiger partial charge in [0, 0.05) is 17.2 Å². The number of benzene rings is 2. The summed E-state index contributed by atoms with van der Waals surface area (Å²) in [7, 11) is 0. The molecule has 2 aromatic rings. The van der Waals surface area contributed by atoms with E-state index in [2.05, 4.69) is 105 Å². The first kappa shape index (κ1) is 23.5. The Hall–Kier alpha value is -1.70. The molecular formula is C30H44BN. The normalized spacial score (nSPS) is 23.9. The number of rotatable bonds is 2. The fourth-order valence-electron chi connectivity index (χ4n) is 7.63. The lowest BCUT2D eigenvalue weighted by molar-refractivity contribution is 0.355. The quantitative estimate of drug-likeness (QED) is 0.447. The fraction of sp³-hybridized carbons (Fsp3) is 0.600. The minimum absolute atomic E-state index is 0.136. The van der Waals surface area contributed by atoms with Crippen LogP contribution in [0.15, 0.2) is 24.3 Å². The molecule has 4 rings (SSSR count). The van der Waals surface area contributed by atoms with E-state index < -0.39 is 0 Å². The summed E-state index contributed by atoms with van der Waals surface area (Å²) in [6.45, 7) is 27.1. The number of nitrogens with zero attached hydrogens (tertiary/aromatic N) is 1. The highest BCUT2D eigenvalue weighted by Gasteiger charge is 2.57. The Morgan fingerprint density at radius 1 is 0.969 bits per heavy atom. The second-order valence-electron chi connectivity index (χ2n) is 12.6. The van der Waals surface area contributed by atoms with Crippen molar-refractivity contribution in [2.24, 2.45) is 5.41 Å². The van der Waals surface area contributed by atoms with Gasteiger partial charge in [-0.05, 0) is 87.5 Å². The van der Waals surface area contributed by atoms with Gasteiger partial charge in [0.15, 0.2) is 0 Å². The minimum Gasteiger partial charge on any atom is -0.369 e.